The summed E-state index contributed by atoms with van der Waals surface area (Å²) < 4.78 is 24.8. The lowest BCUT2D eigenvalue weighted by Crippen LogP contribution is -2.23. The van der Waals surface area contributed by atoms with Crippen molar-refractivity contribution in [2.24, 2.45) is 5.92 Å². The number of benzene rings is 1. The fraction of sp³-hybridized carbons (Fsp3) is 0.538. The first-order chi connectivity index (χ1) is 8.31. The average Bonchev–Trinajstić information content (AvgIpc) is 2.26. The maximum atomic E-state index is 11.2. The standard InChI is InChI=1S/C13H22N2O2S/c1-5-10(2)11(3)14-12-7-6-8-13(9-12)15-18(4,16)17/h6-11,14-15H,5H2,1-4H3. The minimum Gasteiger partial charge on any atom is -0.382 e. The van der Waals surface area contributed by atoms with Crippen molar-refractivity contribution in [2.75, 3.05) is 16.3 Å². The summed E-state index contributed by atoms with van der Waals surface area (Å²) in [4.78, 5) is 0. The van der Waals surface area contributed by atoms with Crippen LogP contribution < -0.4 is 10.0 Å². The van der Waals surface area contributed by atoms with Crippen molar-refractivity contribution in [1.29, 1.82) is 0 Å². The zero-order chi connectivity index (χ0) is 13.8. The molecular weight excluding hydrogens is 248 g/mol. The average molecular weight is 270 g/mol. The Balaban J connectivity index is 2.76. The van der Waals surface area contributed by atoms with Gasteiger partial charge in [-0.25, -0.2) is 8.42 Å². The first-order valence-electron chi connectivity index (χ1n) is 6.16. The van der Waals surface area contributed by atoms with Gasteiger partial charge < -0.3 is 5.32 Å². The van der Waals surface area contributed by atoms with Crippen LogP contribution in [-0.4, -0.2) is 20.7 Å². The molecule has 0 aliphatic carbocycles. The van der Waals surface area contributed by atoms with Crippen molar-refractivity contribution < 1.29 is 8.42 Å². The smallest absolute Gasteiger partial charge is 0.229 e. The summed E-state index contributed by atoms with van der Waals surface area (Å²) in [5, 5.41) is 3.38. The summed E-state index contributed by atoms with van der Waals surface area (Å²) in [7, 11) is -3.22. The van der Waals surface area contributed by atoms with Gasteiger partial charge in [0, 0.05) is 11.7 Å². The maximum absolute atomic E-state index is 11.2. The Bertz CT molecular complexity index is 486. The second kappa shape index (κ2) is 6.09. The van der Waals surface area contributed by atoms with Crippen LogP contribution in [0.25, 0.3) is 0 Å². The van der Waals surface area contributed by atoms with Crippen molar-refractivity contribution in [2.45, 2.75) is 33.2 Å². The molecule has 0 saturated carbocycles. The summed E-state index contributed by atoms with van der Waals surface area (Å²) in [6.45, 7) is 6.48. The summed E-state index contributed by atoms with van der Waals surface area (Å²) in [6, 6.07) is 7.66. The van der Waals surface area contributed by atoms with Crippen LogP contribution in [0.1, 0.15) is 27.2 Å². The van der Waals surface area contributed by atoms with E-state index < -0.39 is 10.0 Å². The highest BCUT2D eigenvalue weighted by Gasteiger charge is 2.10. The van der Waals surface area contributed by atoms with Gasteiger partial charge in [0.25, 0.3) is 0 Å². The predicted molar refractivity (Wildman–Crippen MR) is 77.4 cm³/mol. The number of anilines is 2. The molecular formula is C13H22N2O2S. The van der Waals surface area contributed by atoms with E-state index in [9.17, 15) is 8.42 Å². The molecule has 4 nitrogen and oxygen atoms in total. The minimum absolute atomic E-state index is 0.350. The number of nitrogens with one attached hydrogen (secondary N) is 2. The Labute approximate surface area is 110 Å². The largest absolute Gasteiger partial charge is 0.382 e. The molecule has 0 saturated heterocycles. The molecule has 102 valence electrons. The van der Waals surface area contributed by atoms with Crippen LogP contribution in [-0.2, 0) is 10.0 Å². The molecule has 2 N–H and O–H groups in total. The van der Waals surface area contributed by atoms with Gasteiger partial charge in [-0.1, -0.05) is 26.3 Å². The molecule has 0 aliphatic rings. The van der Waals surface area contributed by atoms with Crippen LogP contribution in [0.5, 0.6) is 0 Å². The molecule has 0 heterocycles. The van der Waals surface area contributed by atoms with E-state index in [4.69, 9.17) is 0 Å². The molecule has 0 radical (unpaired) electrons. The van der Waals surface area contributed by atoms with Gasteiger partial charge in [-0.05, 0) is 31.0 Å². The third-order valence-corrected chi connectivity index (χ3v) is 3.66. The van der Waals surface area contributed by atoms with E-state index in [1.807, 2.05) is 12.1 Å². The zero-order valence-corrected chi connectivity index (χ0v) is 12.2. The normalized spacial score (nSPS) is 14.9. The number of hydrogen-bond acceptors (Lipinski definition) is 3. The van der Waals surface area contributed by atoms with Gasteiger partial charge >= 0.3 is 0 Å². The third-order valence-electron chi connectivity index (χ3n) is 3.06. The molecule has 0 spiro atoms. The van der Waals surface area contributed by atoms with Crippen LogP contribution in [0.2, 0.25) is 0 Å². The first kappa shape index (κ1) is 14.8. The molecule has 0 aromatic heterocycles. The van der Waals surface area contributed by atoms with E-state index >= 15 is 0 Å². The van der Waals surface area contributed by atoms with Crippen LogP contribution in [0.15, 0.2) is 24.3 Å². The van der Waals surface area contributed by atoms with E-state index in [-0.39, 0.29) is 0 Å². The molecule has 2 atom stereocenters. The van der Waals surface area contributed by atoms with Crippen molar-refractivity contribution in [3.8, 4) is 0 Å². The maximum Gasteiger partial charge on any atom is 0.229 e. The van der Waals surface area contributed by atoms with Crippen LogP contribution in [0.3, 0.4) is 0 Å². The SMILES string of the molecule is CCC(C)C(C)Nc1cccc(NS(C)(=O)=O)c1. The van der Waals surface area contributed by atoms with Gasteiger partial charge in [-0.15, -0.1) is 0 Å². The minimum atomic E-state index is -3.22. The molecule has 0 bridgehead atoms. The van der Waals surface area contributed by atoms with E-state index in [1.54, 1.807) is 12.1 Å². The summed E-state index contributed by atoms with van der Waals surface area (Å²) in [5.41, 5.74) is 1.51. The van der Waals surface area contributed by atoms with Crippen LogP contribution in [0.4, 0.5) is 11.4 Å². The Morgan fingerprint density at radius 2 is 1.83 bits per heavy atom. The van der Waals surface area contributed by atoms with Crippen molar-refractivity contribution >= 4 is 21.4 Å². The number of hydrogen-bond donors (Lipinski definition) is 2. The Hall–Kier alpha value is -1.23. The molecule has 18 heavy (non-hydrogen) atoms. The van der Waals surface area contributed by atoms with E-state index in [2.05, 4.69) is 30.8 Å². The first-order valence-corrected chi connectivity index (χ1v) is 8.05. The quantitative estimate of drug-likeness (QED) is 0.835. The van der Waals surface area contributed by atoms with Gasteiger partial charge in [-0.3, -0.25) is 4.72 Å². The van der Waals surface area contributed by atoms with Gasteiger partial charge in [0.2, 0.25) is 10.0 Å². The van der Waals surface area contributed by atoms with Gasteiger partial charge in [0.15, 0.2) is 0 Å². The molecule has 1 aromatic rings. The highest BCUT2D eigenvalue weighted by atomic mass is 32.2. The fourth-order valence-electron chi connectivity index (χ4n) is 1.65. The second-order valence-corrected chi connectivity index (χ2v) is 6.52. The lowest BCUT2D eigenvalue weighted by molar-refractivity contribution is 0.495. The van der Waals surface area contributed by atoms with Crippen molar-refractivity contribution in [3.05, 3.63) is 24.3 Å². The van der Waals surface area contributed by atoms with Gasteiger partial charge in [0.1, 0.15) is 0 Å². The number of rotatable bonds is 6. The van der Waals surface area contributed by atoms with E-state index in [0.717, 1.165) is 18.4 Å². The van der Waals surface area contributed by atoms with E-state index in [1.165, 1.54) is 0 Å². The molecule has 5 heteroatoms. The number of sulfonamides is 1. The lowest BCUT2D eigenvalue weighted by Gasteiger charge is -2.21. The summed E-state index contributed by atoms with van der Waals surface area (Å²) in [5.74, 6) is 0.566. The molecule has 0 fully saturated rings. The zero-order valence-electron chi connectivity index (χ0n) is 11.4. The molecule has 0 amide bonds. The van der Waals surface area contributed by atoms with Crippen LogP contribution in [0, 0.1) is 5.92 Å². The molecule has 2 unspecified atom stereocenters. The van der Waals surface area contributed by atoms with Gasteiger partial charge in [-0.2, -0.15) is 0 Å². The molecule has 1 aromatic carbocycles. The topological polar surface area (TPSA) is 58.2 Å². The Morgan fingerprint density at radius 1 is 1.22 bits per heavy atom. The fourth-order valence-corrected chi connectivity index (χ4v) is 2.20. The summed E-state index contributed by atoms with van der Waals surface area (Å²) >= 11 is 0. The predicted octanol–water partition coefficient (Wildman–Crippen LogP) is 2.90. The van der Waals surface area contributed by atoms with Crippen LogP contribution >= 0.6 is 0 Å². The second-order valence-electron chi connectivity index (χ2n) is 4.77. The third kappa shape index (κ3) is 4.96. The summed E-state index contributed by atoms with van der Waals surface area (Å²) in [6.07, 6.45) is 2.25. The molecule has 0 aliphatic heterocycles. The van der Waals surface area contributed by atoms with Crippen molar-refractivity contribution in [3.63, 3.8) is 0 Å². The Morgan fingerprint density at radius 3 is 2.39 bits per heavy atom. The monoisotopic (exact) mass is 270 g/mol. The lowest BCUT2D eigenvalue weighted by atomic mass is 10.0. The highest BCUT2D eigenvalue weighted by molar-refractivity contribution is 7.92. The van der Waals surface area contributed by atoms with Crippen molar-refractivity contribution in [1.82, 2.24) is 0 Å². The van der Waals surface area contributed by atoms with E-state index in [0.29, 0.717) is 17.6 Å². The Kier molecular flexibility index (Phi) is 5.02. The highest BCUT2D eigenvalue weighted by Crippen LogP contribution is 2.19. The van der Waals surface area contributed by atoms with Gasteiger partial charge in [0.05, 0.1) is 11.9 Å². The molecule has 1 rings (SSSR count).